The number of imidazole rings is 1. The van der Waals surface area contributed by atoms with Crippen LogP contribution in [0.4, 0.5) is 4.39 Å². The fourth-order valence-corrected chi connectivity index (χ4v) is 2.62. The van der Waals surface area contributed by atoms with Gasteiger partial charge >= 0.3 is 0 Å². The van der Waals surface area contributed by atoms with Crippen LogP contribution in [0.2, 0.25) is 0 Å². The van der Waals surface area contributed by atoms with Crippen LogP contribution in [-0.4, -0.2) is 20.3 Å². The summed E-state index contributed by atoms with van der Waals surface area (Å²) in [5, 5.41) is 0. The van der Waals surface area contributed by atoms with Crippen LogP contribution in [0.1, 0.15) is 21.7 Å². The van der Waals surface area contributed by atoms with Gasteiger partial charge < -0.3 is 5.73 Å². The monoisotopic (exact) mass is 396 g/mol. The molecule has 0 spiro atoms. The molecule has 0 aliphatic carbocycles. The number of rotatable bonds is 3. The van der Waals surface area contributed by atoms with Crippen molar-refractivity contribution >= 4 is 34.0 Å². The summed E-state index contributed by atoms with van der Waals surface area (Å²) in [6.07, 6.45) is 4.90. The zero-order valence-electron chi connectivity index (χ0n) is 10.8. The third-order valence-corrected chi connectivity index (χ3v) is 3.83. The number of hydrogen-bond acceptors (Lipinski definition) is 3. The molecule has 0 radical (unpaired) electrons. The number of primary amides is 1. The highest BCUT2D eigenvalue weighted by Crippen LogP contribution is 2.19. The van der Waals surface area contributed by atoms with E-state index < -0.39 is 5.91 Å². The second-order valence-corrected chi connectivity index (χ2v) is 5.76. The van der Waals surface area contributed by atoms with E-state index in [0.717, 1.165) is 9.09 Å². The quantitative estimate of drug-likeness (QED) is 0.690. The van der Waals surface area contributed by atoms with Gasteiger partial charge in [0.2, 0.25) is 0 Å². The van der Waals surface area contributed by atoms with Crippen molar-refractivity contribution in [1.29, 1.82) is 0 Å². The molecule has 1 amide bonds. The minimum Gasteiger partial charge on any atom is -0.364 e. The smallest absolute Gasteiger partial charge is 0.269 e. The third-order valence-electron chi connectivity index (χ3n) is 3.16. The highest BCUT2D eigenvalue weighted by molar-refractivity contribution is 14.1. The molecular weight excluding hydrogens is 386 g/mol. The summed E-state index contributed by atoms with van der Waals surface area (Å²) in [6, 6.07) is 4.95. The average Bonchev–Trinajstić information content (AvgIpc) is 2.90. The highest BCUT2D eigenvalue weighted by Gasteiger charge is 2.16. The number of aromatic nitrogens is 3. The maximum Gasteiger partial charge on any atom is 0.269 e. The van der Waals surface area contributed by atoms with Crippen LogP contribution >= 0.6 is 22.6 Å². The van der Waals surface area contributed by atoms with Crippen molar-refractivity contribution in [2.24, 2.45) is 5.73 Å². The van der Waals surface area contributed by atoms with Gasteiger partial charge in [-0.25, -0.2) is 14.4 Å². The molecular formula is C14H10FIN4O. The second kappa shape index (κ2) is 5.40. The Morgan fingerprint density at radius 2 is 2.19 bits per heavy atom. The van der Waals surface area contributed by atoms with Crippen LogP contribution in [-0.2, 0) is 6.42 Å². The van der Waals surface area contributed by atoms with E-state index in [9.17, 15) is 9.18 Å². The Kier molecular flexibility index (Phi) is 3.58. The predicted molar refractivity (Wildman–Crippen MR) is 83.4 cm³/mol. The Bertz CT molecular complexity index is 846. The first-order valence-electron chi connectivity index (χ1n) is 6.10. The van der Waals surface area contributed by atoms with E-state index in [1.807, 2.05) is 28.7 Å². The van der Waals surface area contributed by atoms with Crippen LogP contribution in [0.25, 0.3) is 5.52 Å². The zero-order valence-corrected chi connectivity index (χ0v) is 12.9. The maximum absolute atomic E-state index is 14.0. The molecule has 0 fully saturated rings. The Labute approximate surface area is 133 Å². The molecule has 0 unspecified atom stereocenters. The van der Waals surface area contributed by atoms with Crippen molar-refractivity contribution in [2.75, 3.05) is 0 Å². The van der Waals surface area contributed by atoms with Gasteiger partial charge in [0.15, 0.2) is 0 Å². The molecule has 2 aromatic heterocycles. The van der Waals surface area contributed by atoms with Crippen LogP contribution in [0.15, 0.2) is 36.9 Å². The lowest BCUT2D eigenvalue weighted by atomic mass is 10.1. The molecule has 2 heterocycles. The Morgan fingerprint density at radius 3 is 2.90 bits per heavy atom. The van der Waals surface area contributed by atoms with E-state index in [1.165, 1.54) is 12.3 Å². The van der Waals surface area contributed by atoms with Crippen molar-refractivity contribution in [3.63, 3.8) is 0 Å². The van der Waals surface area contributed by atoms with Crippen LogP contribution in [0, 0.1) is 9.39 Å². The first kappa shape index (κ1) is 13.9. The molecule has 3 rings (SSSR count). The molecule has 106 valence electrons. The second-order valence-electron chi connectivity index (χ2n) is 4.52. The van der Waals surface area contributed by atoms with Gasteiger partial charge in [-0.15, -0.1) is 0 Å². The summed E-state index contributed by atoms with van der Waals surface area (Å²) in [6.45, 7) is 0. The van der Waals surface area contributed by atoms with Gasteiger partial charge in [0.05, 0.1) is 29.9 Å². The van der Waals surface area contributed by atoms with Gasteiger partial charge in [-0.3, -0.25) is 9.20 Å². The number of carbonyl (C=O) groups is 1. The predicted octanol–water partition coefficient (Wildman–Crippen LogP) is 2.16. The summed E-state index contributed by atoms with van der Waals surface area (Å²) < 4.78 is 16.5. The summed E-state index contributed by atoms with van der Waals surface area (Å²) >= 11 is 2.04. The van der Waals surface area contributed by atoms with E-state index in [1.54, 1.807) is 23.0 Å². The van der Waals surface area contributed by atoms with Gasteiger partial charge in [0.1, 0.15) is 11.5 Å². The number of amides is 1. The summed E-state index contributed by atoms with van der Waals surface area (Å²) in [5.41, 5.74) is 7.21. The molecule has 21 heavy (non-hydrogen) atoms. The lowest BCUT2D eigenvalue weighted by molar-refractivity contribution is 0.0994. The number of halogens is 2. The van der Waals surface area contributed by atoms with Crippen LogP contribution < -0.4 is 5.73 Å². The molecule has 0 saturated heterocycles. The fourth-order valence-electron chi connectivity index (χ4n) is 2.17. The molecule has 0 saturated carbocycles. The molecule has 0 aliphatic rings. The first-order chi connectivity index (χ1) is 10.1. The Morgan fingerprint density at radius 1 is 1.38 bits per heavy atom. The van der Waals surface area contributed by atoms with E-state index in [2.05, 4.69) is 9.97 Å². The maximum atomic E-state index is 14.0. The topological polar surface area (TPSA) is 73.3 Å². The van der Waals surface area contributed by atoms with Crippen molar-refractivity contribution in [3.05, 3.63) is 63.3 Å². The van der Waals surface area contributed by atoms with Crippen molar-refractivity contribution in [3.8, 4) is 0 Å². The summed E-state index contributed by atoms with van der Waals surface area (Å²) in [5.74, 6) is -0.971. The van der Waals surface area contributed by atoms with Gasteiger partial charge in [0.25, 0.3) is 5.91 Å². The number of hydrogen-bond donors (Lipinski definition) is 1. The van der Waals surface area contributed by atoms with Gasteiger partial charge in [-0.2, -0.15) is 0 Å². The van der Waals surface area contributed by atoms with Crippen molar-refractivity contribution in [2.45, 2.75) is 6.42 Å². The fraction of sp³-hybridized carbons (Fsp3) is 0.0714. The van der Waals surface area contributed by atoms with E-state index >= 15 is 0 Å². The van der Waals surface area contributed by atoms with Crippen LogP contribution in [0.5, 0.6) is 0 Å². The number of fused-ring (bicyclic) bond motifs is 1. The molecule has 0 atom stereocenters. The summed E-state index contributed by atoms with van der Waals surface area (Å²) in [7, 11) is 0. The molecule has 0 aliphatic heterocycles. The van der Waals surface area contributed by atoms with E-state index in [4.69, 9.17) is 5.73 Å². The van der Waals surface area contributed by atoms with E-state index in [0.29, 0.717) is 11.3 Å². The Hall–Kier alpha value is -2.03. The number of benzene rings is 1. The van der Waals surface area contributed by atoms with Crippen molar-refractivity contribution in [1.82, 2.24) is 14.4 Å². The van der Waals surface area contributed by atoms with Crippen LogP contribution in [0.3, 0.4) is 0 Å². The van der Waals surface area contributed by atoms with Crippen molar-refractivity contribution < 1.29 is 9.18 Å². The average molecular weight is 396 g/mol. The third kappa shape index (κ3) is 2.60. The molecule has 7 heteroatoms. The molecule has 2 N–H and O–H groups in total. The summed E-state index contributed by atoms with van der Waals surface area (Å²) in [4.78, 5) is 19.6. The number of carbonyl (C=O) groups excluding carboxylic acids is 1. The highest BCUT2D eigenvalue weighted by atomic mass is 127. The largest absolute Gasteiger partial charge is 0.364 e. The van der Waals surface area contributed by atoms with Gasteiger partial charge in [-0.1, -0.05) is 6.07 Å². The Balaban J connectivity index is 2.16. The molecule has 5 nitrogen and oxygen atoms in total. The minimum atomic E-state index is -0.647. The molecule has 1 aromatic carbocycles. The van der Waals surface area contributed by atoms with E-state index in [-0.39, 0.29) is 17.9 Å². The molecule has 3 aromatic rings. The standard InChI is InChI=1S/C14H10FIN4O/c15-11-4-9(16)2-1-8(11)3-12-13(14(17)21)19-6-10-5-18-7-20(10)12/h1-2,4-7H,3H2,(H2,17,21). The number of nitrogens with two attached hydrogens (primary N) is 1. The zero-order chi connectivity index (χ0) is 15.0. The first-order valence-corrected chi connectivity index (χ1v) is 7.18. The minimum absolute atomic E-state index is 0.124. The van der Waals surface area contributed by atoms with Gasteiger partial charge in [-0.05, 0) is 40.3 Å². The normalized spacial score (nSPS) is 11.0. The SMILES string of the molecule is NC(=O)c1ncc2cncn2c1Cc1ccc(I)cc1F. The molecule has 0 bridgehead atoms. The lowest BCUT2D eigenvalue weighted by Gasteiger charge is -2.10. The number of nitrogens with zero attached hydrogens (tertiary/aromatic N) is 3. The lowest BCUT2D eigenvalue weighted by Crippen LogP contribution is -2.18. The van der Waals surface area contributed by atoms with Gasteiger partial charge in [0, 0.05) is 9.99 Å².